The molecule has 152 valence electrons. The number of hydrogen-bond acceptors (Lipinski definition) is 4. The summed E-state index contributed by atoms with van der Waals surface area (Å²) in [6.07, 6.45) is 0.894. The van der Waals surface area contributed by atoms with Gasteiger partial charge in [0.2, 0.25) is 0 Å². The fourth-order valence-corrected chi connectivity index (χ4v) is 3.83. The average molecular weight is 409 g/mol. The maximum absolute atomic E-state index is 13.2. The van der Waals surface area contributed by atoms with Crippen LogP contribution in [0.1, 0.15) is 52.5 Å². The molecule has 1 atom stereocenters. The van der Waals surface area contributed by atoms with Crippen molar-refractivity contribution in [3.63, 3.8) is 0 Å². The second kappa shape index (κ2) is 9.70. The number of aromatic nitrogens is 1. The Morgan fingerprint density at radius 1 is 1.10 bits per heavy atom. The topological polar surface area (TPSA) is 42.4 Å². The summed E-state index contributed by atoms with van der Waals surface area (Å²) in [6.45, 7) is 9.14. The molecule has 0 radical (unpaired) electrons. The quantitative estimate of drug-likeness (QED) is 0.474. The number of amides is 1. The van der Waals surface area contributed by atoms with Crippen LogP contribution in [0.3, 0.4) is 0 Å². The molecule has 0 bridgehead atoms. The van der Waals surface area contributed by atoms with E-state index in [0.717, 1.165) is 39.6 Å². The van der Waals surface area contributed by atoms with Gasteiger partial charge in [-0.1, -0.05) is 43.3 Å². The van der Waals surface area contributed by atoms with Gasteiger partial charge in [0.05, 0.1) is 12.2 Å². The van der Waals surface area contributed by atoms with Gasteiger partial charge in [0.25, 0.3) is 5.91 Å². The van der Waals surface area contributed by atoms with E-state index in [-0.39, 0.29) is 11.9 Å². The number of hydrogen-bond donors (Lipinski definition) is 0. The van der Waals surface area contributed by atoms with Gasteiger partial charge in [-0.25, -0.2) is 4.98 Å². The van der Waals surface area contributed by atoms with Crippen LogP contribution in [-0.4, -0.2) is 21.8 Å². The average Bonchev–Trinajstić information content (AvgIpc) is 3.18. The lowest BCUT2D eigenvalue weighted by molar-refractivity contribution is 0.0668. The molecule has 0 unspecified atom stereocenters. The summed E-state index contributed by atoms with van der Waals surface area (Å²) in [7, 11) is 0. The van der Waals surface area contributed by atoms with Gasteiger partial charge in [-0.2, -0.15) is 0 Å². The van der Waals surface area contributed by atoms with Crippen molar-refractivity contribution < 1.29 is 9.53 Å². The van der Waals surface area contributed by atoms with E-state index in [2.05, 4.69) is 13.8 Å². The van der Waals surface area contributed by atoms with Crippen molar-refractivity contribution in [3.8, 4) is 5.75 Å². The Labute approximate surface area is 177 Å². The molecular weight excluding hydrogens is 380 g/mol. The van der Waals surface area contributed by atoms with E-state index in [1.807, 2.05) is 72.7 Å². The highest BCUT2D eigenvalue weighted by atomic mass is 32.1. The summed E-state index contributed by atoms with van der Waals surface area (Å²) in [5.41, 5.74) is 3.76. The molecule has 1 heterocycles. The molecule has 0 saturated carbocycles. The van der Waals surface area contributed by atoms with E-state index in [0.29, 0.717) is 13.2 Å². The van der Waals surface area contributed by atoms with Crippen LogP contribution in [0.25, 0.3) is 0 Å². The smallest absolute Gasteiger partial charge is 0.254 e. The summed E-state index contributed by atoms with van der Waals surface area (Å²) in [6, 6.07) is 15.9. The molecular formula is C24H28N2O2S. The Hall–Kier alpha value is -2.66. The first-order chi connectivity index (χ1) is 14.0. The van der Waals surface area contributed by atoms with Crippen molar-refractivity contribution in [2.45, 2.75) is 53.3 Å². The third kappa shape index (κ3) is 5.24. The van der Waals surface area contributed by atoms with Crippen LogP contribution < -0.4 is 4.74 Å². The molecule has 5 heteroatoms. The molecule has 1 amide bonds. The second-order valence-electron chi connectivity index (χ2n) is 7.29. The lowest BCUT2D eigenvalue weighted by Gasteiger charge is -2.28. The lowest BCUT2D eigenvalue weighted by atomic mass is 10.1. The molecule has 2 aromatic carbocycles. The van der Waals surface area contributed by atoms with E-state index in [9.17, 15) is 4.79 Å². The number of ether oxygens (including phenoxy) is 1. The zero-order chi connectivity index (χ0) is 20.8. The molecule has 0 N–H and O–H groups in total. The highest BCUT2D eigenvalue weighted by molar-refractivity contribution is 7.09. The minimum absolute atomic E-state index is 0.0585. The zero-order valence-electron chi connectivity index (χ0n) is 17.5. The summed E-state index contributed by atoms with van der Waals surface area (Å²) in [5.74, 6) is 0.934. The van der Waals surface area contributed by atoms with Crippen molar-refractivity contribution >= 4 is 17.2 Å². The van der Waals surface area contributed by atoms with E-state index in [1.54, 1.807) is 11.3 Å². The number of nitrogens with zero attached hydrogens (tertiary/aromatic N) is 2. The molecule has 0 fully saturated rings. The second-order valence-corrected chi connectivity index (χ2v) is 8.23. The van der Waals surface area contributed by atoms with Crippen molar-refractivity contribution in [1.29, 1.82) is 0 Å². The minimum Gasteiger partial charge on any atom is -0.486 e. The summed E-state index contributed by atoms with van der Waals surface area (Å²) in [4.78, 5) is 19.8. The largest absolute Gasteiger partial charge is 0.486 e. The Morgan fingerprint density at radius 3 is 2.48 bits per heavy atom. The van der Waals surface area contributed by atoms with Gasteiger partial charge in [-0.15, -0.1) is 11.3 Å². The number of aryl methyl sites for hydroxylation is 2. The van der Waals surface area contributed by atoms with Gasteiger partial charge in [0, 0.05) is 17.0 Å². The number of carbonyl (C=O) groups is 1. The van der Waals surface area contributed by atoms with Gasteiger partial charge in [-0.05, 0) is 50.5 Å². The molecule has 0 spiro atoms. The first-order valence-electron chi connectivity index (χ1n) is 9.98. The predicted octanol–water partition coefficient (Wildman–Crippen LogP) is 5.78. The first kappa shape index (κ1) is 21.1. The van der Waals surface area contributed by atoms with Crippen molar-refractivity contribution in [2.75, 3.05) is 0 Å². The Morgan fingerprint density at radius 2 is 1.79 bits per heavy atom. The molecule has 3 rings (SSSR count). The van der Waals surface area contributed by atoms with Crippen molar-refractivity contribution in [2.24, 2.45) is 0 Å². The number of carbonyl (C=O) groups excluding carboxylic acids is 1. The third-order valence-electron chi connectivity index (χ3n) is 5.14. The SMILES string of the molecule is CC[C@@H](C)N(Cc1csc(COc2ccccc2C)n1)C(=O)c1ccccc1C. The third-order valence-corrected chi connectivity index (χ3v) is 6.01. The van der Waals surface area contributed by atoms with Crippen LogP contribution in [0.4, 0.5) is 0 Å². The Kier molecular flexibility index (Phi) is 7.04. The standard InChI is InChI=1S/C24H28N2O2S/c1-5-19(4)26(24(27)21-12-8-6-10-17(21)2)14-20-16-29-23(25-20)15-28-22-13-9-7-11-18(22)3/h6-13,16,19H,5,14-15H2,1-4H3/t19-/m1/s1. The molecule has 1 aromatic heterocycles. The first-order valence-corrected chi connectivity index (χ1v) is 10.9. The number of rotatable bonds is 8. The molecule has 0 aliphatic carbocycles. The maximum atomic E-state index is 13.2. The van der Waals surface area contributed by atoms with E-state index in [4.69, 9.17) is 9.72 Å². The Bertz CT molecular complexity index is 967. The Balaban J connectivity index is 1.71. The molecule has 0 aliphatic rings. The van der Waals surface area contributed by atoms with Gasteiger partial charge in [0.15, 0.2) is 0 Å². The van der Waals surface area contributed by atoms with Crippen molar-refractivity contribution in [3.05, 3.63) is 81.3 Å². The minimum atomic E-state index is 0.0585. The van der Waals surface area contributed by atoms with Gasteiger partial charge in [0.1, 0.15) is 17.4 Å². The van der Waals surface area contributed by atoms with E-state index < -0.39 is 0 Å². The predicted molar refractivity (Wildman–Crippen MR) is 118 cm³/mol. The van der Waals surface area contributed by atoms with Crippen LogP contribution in [0.15, 0.2) is 53.9 Å². The number of thiazole rings is 1. The normalized spacial score (nSPS) is 11.9. The zero-order valence-corrected chi connectivity index (χ0v) is 18.3. The van der Waals surface area contributed by atoms with E-state index in [1.165, 1.54) is 0 Å². The highest BCUT2D eigenvalue weighted by Gasteiger charge is 2.23. The number of benzene rings is 2. The molecule has 29 heavy (non-hydrogen) atoms. The van der Waals surface area contributed by atoms with E-state index >= 15 is 0 Å². The lowest BCUT2D eigenvalue weighted by Crippen LogP contribution is -2.38. The summed E-state index contributed by atoms with van der Waals surface area (Å²) < 4.78 is 5.91. The summed E-state index contributed by atoms with van der Waals surface area (Å²) in [5, 5.41) is 2.94. The fourth-order valence-electron chi connectivity index (χ4n) is 3.14. The highest BCUT2D eigenvalue weighted by Crippen LogP contribution is 2.21. The molecule has 4 nitrogen and oxygen atoms in total. The maximum Gasteiger partial charge on any atom is 0.254 e. The van der Waals surface area contributed by atoms with Gasteiger partial charge < -0.3 is 9.64 Å². The van der Waals surface area contributed by atoms with Crippen LogP contribution >= 0.6 is 11.3 Å². The van der Waals surface area contributed by atoms with Crippen LogP contribution in [0, 0.1) is 13.8 Å². The molecule has 0 saturated heterocycles. The fraction of sp³-hybridized carbons (Fsp3) is 0.333. The van der Waals surface area contributed by atoms with Gasteiger partial charge >= 0.3 is 0 Å². The van der Waals surface area contributed by atoms with Gasteiger partial charge in [-0.3, -0.25) is 4.79 Å². The number of para-hydroxylation sites is 1. The molecule has 3 aromatic rings. The van der Waals surface area contributed by atoms with Crippen LogP contribution in [0.5, 0.6) is 5.75 Å². The van der Waals surface area contributed by atoms with Crippen LogP contribution in [0.2, 0.25) is 0 Å². The van der Waals surface area contributed by atoms with Crippen molar-refractivity contribution in [1.82, 2.24) is 9.88 Å². The monoisotopic (exact) mass is 408 g/mol. The molecule has 0 aliphatic heterocycles. The van der Waals surface area contributed by atoms with Crippen LogP contribution in [-0.2, 0) is 13.2 Å². The summed E-state index contributed by atoms with van der Waals surface area (Å²) >= 11 is 1.57.